The molecule has 2 unspecified atom stereocenters. The van der Waals surface area contributed by atoms with Crippen molar-refractivity contribution in [2.45, 2.75) is 25.5 Å². The number of fused-ring (bicyclic) bond motifs is 1. The van der Waals surface area contributed by atoms with E-state index in [4.69, 9.17) is 10.5 Å². The molecule has 0 amide bonds. The molecule has 0 fully saturated rings. The topological polar surface area (TPSA) is 55.5 Å². The van der Waals surface area contributed by atoms with Gasteiger partial charge in [-0.15, -0.1) is 0 Å². The number of aryl methyl sites for hydroxylation is 1. The molecule has 3 nitrogen and oxygen atoms in total. The smallest absolute Gasteiger partial charge is 0.126 e. The lowest BCUT2D eigenvalue weighted by atomic mass is 9.92. The number of phenolic OH excluding ortho intramolecular Hbond substituents is 1. The molecular formula is C16H17NO2. The van der Waals surface area contributed by atoms with Crippen LogP contribution >= 0.6 is 0 Å². The molecule has 3 rings (SSSR count). The molecule has 3 heteroatoms. The normalized spacial score (nSPS) is 21.6. The summed E-state index contributed by atoms with van der Waals surface area (Å²) in [6.45, 7) is 2.05. The largest absolute Gasteiger partial charge is 0.508 e. The van der Waals surface area contributed by atoms with Crippen LogP contribution in [0.15, 0.2) is 42.5 Å². The molecular weight excluding hydrogens is 238 g/mol. The summed E-state index contributed by atoms with van der Waals surface area (Å²) in [6, 6.07) is 13.2. The fraction of sp³-hybridized carbons (Fsp3) is 0.250. The molecule has 2 atom stereocenters. The van der Waals surface area contributed by atoms with Gasteiger partial charge >= 0.3 is 0 Å². The van der Waals surface area contributed by atoms with Crippen LogP contribution in [0.2, 0.25) is 0 Å². The molecule has 1 aliphatic heterocycles. The third-order valence-corrected chi connectivity index (χ3v) is 3.57. The van der Waals surface area contributed by atoms with Crippen molar-refractivity contribution < 1.29 is 9.84 Å². The highest BCUT2D eigenvalue weighted by Gasteiger charge is 2.26. The van der Waals surface area contributed by atoms with Crippen molar-refractivity contribution in [3.8, 4) is 11.5 Å². The van der Waals surface area contributed by atoms with Crippen LogP contribution < -0.4 is 10.5 Å². The molecule has 2 aromatic carbocycles. The summed E-state index contributed by atoms with van der Waals surface area (Å²) in [5.41, 5.74) is 9.56. The van der Waals surface area contributed by atoms with Crippen LogP contribution in [0.25, 0.3) is 0 Å². The molecule has 98 valence electrons. The average molecular weight is 255 g/mol. The Morgan fingerprint density at radius 2 is 1.89 bits per heavy atom. The third kappa shape index (κ3) is 2.29. The molecule has 0 spiro atoms. The maximum absolute atomic E-state index is 9.33. The van der Waals surface area contributed by atoms with Crippen molar-refractivity contribution in [3.63, 3.8) is 0 Å². The number of hydrogen-bond acceptors (Lipinski definition) is 3. The summed E-state index contributed by atoms with van der Waals surface area (Å²) in [5.74, 6) is 1.13. The van der Waals surface area contributed by atoms with Gasteiger partial charge in [0.15, 0.2) is 0 Å². The molecule has 0 radical (unpaired) electrons. The van der Waals surface area contributed by atoms with Crippen LogP contribution in [0, 0.1) is 6.92 Å². The van der Waals surface area contributed by atoms with Gasteiger partial charge in [-0.05, 0) is 30.7 Å². The van der Waals surface area contributed by atoms with Crippen LogP contribution in [0.5, 0.6) is 11.5 Å². The minimum absolute atomic E-state index is 0.0116. The number of phenols is 1. The number of hydrogen-bond donors (Lipinski definition) is 2. The molecule has 1 aliphatic rings. The van der Waals surface area contributed by atoms with Crippen LogP contribution in [0.1, 0.15) is 35.3 Å². The van der Waals surface area contributed by atoms with Gasteiger partial charge in [0.25, 0.3) is 0 Å². The summed E-state index contributed by atoms with van der Waals surface area (Å²) in [6.07, 6.45) is 0.701. The second kappa shape index (κ2) is 4.59. The van der Waals surface area contributed by atoms with Crippen molar-refractivity contribution in [1.82, 2.24) is 0 Å². The lowest BCUT2D eigenvalue weighted by Crippen LogP contribution is -2.24. The molecule has 19 heavy (non-hydrogen) atoms. The Balaban J connectivity index is 1.92. The Hall–Kier alpha value is -2.00. The first-order valence-corrected chi connectivity index (χ1v) is 6.45. The van der Waals surface area contributed by atoms with Gasteiger partial charge in [0.1, 0.15) is 17.6 Å². The Morgan fingerprint density at radius 3 is 2.63 bits per heavy atom. The van der Waals surface area contributed by atoms with Crippen molar-refractivity contribution >= 4 is 0 Å². The van der Waals surface area contributed by atoms with Gasteiger partial charge in [0.2, 0.25) is 0 Å². The van der Waals surface area contributed by atoms with Gasteiger partial charge in [-0.3, -0.25) is 0 Å². The second-order valence-electron chi connectivity index (χ2n) is 5.08. The zero-order chi connectivity index (χ0) is 13.4. The van der Waals surface area contributed by atoms with Crippen LogP contribution in [-0.2, 0) is 0 Å². The summed E-state index contributed by atoms with van der Waals surface area (Å²) in [7, 11) is 0. The Kier molecular flexibility index (Phi) is 2.91. The molecule has 0 aliphatic carbocycles. The van der Waals surface area contributed by atoms with Crippen molar-refractivity contribution in [2.24, 2.45) is 5.73 Å². The number of aromatic hydroxyl groups is 1. The van der Waals surface area contributed by atoms with E-state index < -0.39 is 0 Å². The molecule has 2 aromatic rings. The summed E-state index contributed by atoms with van der Waals surface area (Å²) in [4.78, 5) is 0. The second-order valence-corrected chi connectivity index (χ2v) is 5.08. The number of benzene rings is 2. The van der Waals surface area contributed by atoms with Crippen molar-refractivity contribution in [2.75, 3.05) is 0 Å². The van der Waals surface area contributed by atoms with Crippen LogP contribution in [0.3, 0.4) is 0 Å². The highest BCUT2D eigenvalue weighted by Crippen LogP contribution is 2.40. The summed E-state index contributed by atoms with van der Waals surface area (Å²) in [5, 5.41) is 9.33. The summed E-state index contributed by atoms with van der Waals surface area (Å²) < 4.78 is 6.02. The van der Waals surface area contributed by atoms with E-state index in [1.54, 1.807) is 12.1 Å². The van der Waals surface area contributed by atoms with E-state index in [0.29, 0.717) is 0 Å². The number of nitrogens with two attached hydrogens (primary N) is 1. The molecule has 0 bridgehead atoms. The van der Waals surface area contributed by atoms with Crippen molar-refractivity contribution in [3.05, 3.63) is 59.2 Å². The molecule has 0 saturated heterocycles. The average Bonchev–Trinajstić information content (AvgIpc) is 2.40. The van der Waals surface area contributed by atoms with Gasteiger partial charge in [-0.1, -0.05) is 29.8 Å². The van der Waals surface area contributed by atoms with Gasteiger partial charge in [-0.25, -0.2) is 0 Å². The lowest BCUT2D eigenvalue weighted by molar-refractivity contribution is 0.161. The van der Waals surface area contributed by atoms with E-state index in [9.17, 15) is 5.11 Å². The Labute approximate surface area is 112 Å². The van der Waals surface area contributed by atoms with E-state index >= 15 is 0 Å². The minimum Gasteiger partial charge on any atom is -0.508 e. The van der Waals surface area contributed by atoms with Gasteiger partial charge in [-0.2, -0.15) is 0 Å². The zero-order valence-corrected chi connectivity index (χ0v) is 10.8. The minimum atomic E-state index is -0.0502. The Morgan fingerprint density at radius 1 is 1.16 bits per heavy atom. The number of rotatable bonds is 1. The van der Waals surface area contributed by atoms with E-state index in [1.807, 2.05) is 24.3 Å². The number of ether oxygens (including phenoxy) is 1. The first-order chi connectivity index (χ1) is 9.13. The predicted octanol–water partition coefficient (Wildman–Crippen LogP) is 3.22. The molecule has 0 saturated carbocycles. The summed E-state index contributed by atoms with van der Waals surface area (Å²) >= 11 is 0. The van der Waals surface area contributed by atoms with E-state index in [1.165, 1.54) is 5.56 Å². The quantitative estimate of drug-likeness (QED) is 0.822. The van der Waals surface area contributed by atoms with E-state index in [-0.39, 0.29) is 17.9 Å². The standard InChI is InChI=1S/C16H17NO2/c1-10-2-7-15-13(8-10)14(17)9-16(19-15)11-3-5-12(18)6-4-11/h2-8,14,16,18H,9,17H2,1H3. The highest BCUT2D eigenvalue weighted by molar-refractivity contribution is 5.42. The molecule has 3 N–H and O–H groups in total. The maximum Gasteiger partial charge on any atom is 0.126 e. The SMILES string of the molecule is Cc1ccc2c(c1)C(N)CC(c1ccc(O)cc1)O2. The van der Waals surface area contributed by atoms with Crippen LogP contribution in [0.4, 0.5) is 0 Å². The third-order valence-electron chi connectivity index (χ3n) is 3.57. The zero-order valence-electron chi connectivity index (χ0n) is 10.8. The fourth-order valence-electron chi connectivity index (χ4n) is 2.52. The van der Waals surface area contributed by atoms with E-state index in [2.05, 4.69) is 13.0 Å². The molecule has 1 heterocycles. The predicted molar refractivity (Wildman–Crippen MR) is 74.2 cm³/mol. The van der Waals surface area contributed by atoms with Crippen LogP contribution in [-0.4, -0.2) is 5.11 Å². The highest BCUT2D eigenvalue weighted by atomic mass is 16.5. The first kappa shape index (κ1) is 12.1. The monoisotopic (exact) mass is 255 g/mol. The Bertz CT molecular complexity index is 592. The lowest BCUT2D eigenvalue weighted by Gasteiger charge is -2.30. The van der Waals surface area contributed by atoms with E-state index in [0.717, 1.165) is 23.3 Å². The van der Waals surface area contributed by atoms with Gasteiger partial charge in [0, 0.05) is 18.0 Å². The first-order valence-electron chi connectivity index (χ1n) is 6.45. The fourth-order valence-corrected chi connectivity index (χ4v) is 2.52. The maximum atomic E-state index is 9.33. The van der Waals surface area contributed by atoms with Gasteiger partial charge in [0.05, 0.1) is 0 Å². The molecule has 0 aromatic heterocycles. The van der Waals surface area contributed by atoms with Crippen molar-refractivity contribution in [1.29, 1.82) is 0 Å². The van der Waals surface area contributed by atoms with Gasteiger partial charge < -0.3 is 15.6 Å².